The lowest BCUT2D eigenvalue weighted by molar-refractivity contribution is -0.140. The van der Waals surface area contributed by atoms with E-state index in [-0.39, 0.29) is 0 Å². The topological polar surface area (TPSA) is 37.3 Å². The first-order valence-electron chi connectivity index (χ1n) is 6.09. The van der Waals surface area contributed by atoms with Gasteiger partial charge in [-0.3, -0.25) is 4.79 Å². The lowest BCUT2D eigenvalue weighted by Crippen LogP contribution is -2.17. The maximum absolute atomic E-state index is 11.2. The summed E-state index contributed by atoms with van der Waals surface area (Å²) in [5.74, 6) is -1.16. The zero-order valence-electron chi connectivity index (χ0n) is 10.4. The van der Waals surface area contributed by atoms with Gasteiger partial charge in [-0.1, -0.05) is 62.2 Å². The molecule has 1 aromatic carbocycles. The molecule has 0 saturated carbocycles. The van der Waals surface area contributed by atoms with Crippen molar-refractivity contribution >= 4 is 5.97 Å². The SMILES string of the molecule is C=C(Cc1ccccc1)C(CCCC)C(=O)O. The number of unbranched alkanes of at least 4 members (excludes halogenated alkanes) is 1. The maximum Gasteiger partial charge on any atom is 0.310 e. The molecule has 1 atom stereocenters. The quantitative estimate of drug-likeness (QED) is 0.728. The van der Waals surface area contributed by atoms with Crippen molar-refractivity contribution in [2.45, 2.75) is 32.6 Å². The molecule has 0 heterocycles. The van der Waals surface area contributed by atoms with Crippen LogP contribution >= 0.6 is 0 Å². The van der Waals surface area contributed by atoms with Gasteiger partial charge in [-0.2, -0.15) is 0 Å². The van der Waals surface area contributed by atoms with Crippen molar-refractivity contribution in [3.05, 3.63) is 48.0 Å². The van der Waals surface area contributed by atoms with E-state index in [1.807, 2.05) is 30.3 Å². The molecule has 92 valence electrons. The van der Waals surface area contributed by atoms with Gasteiger partial charge in [0.15, 0.2) is 0 Å². The smallest absolute Gasteiger partial charge is 0.310 e. The van der Waals surface area contributed by atoms with Crippen molar-refractivity contribution in [3.8, 4) is 0 Å². The minimum absolute atomic E-state index is 0.407. The molecule has 0 fully saturated rings. The van der Waals surface area contributed by atoms with Gasteiger partial charge in [0.05, 0.1) is 5.92 Å². The summed E-state index contributed by atoms with van der Waals surface area (Å²) in [5, 5.41) is 9.19. The second-order valence-corrected chi connectivity index (χ2v) is 4.35. The van der Waals surface area contributed by atoms with E-state index in [4.69, 9.17) is 0 Å². The molecule has 0 bridgehead atoms. The average Bonchev–Trinajstić information content (AvgIpc) is 2.30. The van der Waals surface area contributed by atoms with Gasteiger partial charge in [-0.25, -0.2) is 0 Å². The molecule has 0 saturated heterocycles. The van der Waals surface area contributed by atoms with E-state index in [1.165, 1.54) is 0 Å². The summed E-state index contributed by atoms with van der Waals surface area (Å²) < 4.78 is 0. The number of benzene rings is 1. The molecule has 1 aromatic rings. The van der Waals surface area contributed by atoms with Crippen LogP contribution in [0.4, 0.5) is 0 Å². The number of hydrogen-bond donors (Lipinski definition) is 1. The van der Waals surface area contributed by atoms with Crippen LogP contribution in [0, 0.1) is 5.92 Å². The van der Waals surface area contributed by atoms with Crippen LogP contribution in [0.3, 0.4) is 0 Å². The molecular weight excluding hydrogens is 212 g/mol. The Morgan fingerprint density at radius 2 is 2.00 bits per heavy atom. The molecule has 0 spiro atoms. The normalized spacial score (nSPS) is 12.1. The molecule has 1 unspecified atom stereocenters. The fourth-order valence-electron chi connectivity index (χ4n) is 1.89. The number of carbonyl (C=O) groups is 1. The van der Waals surface area contributed by atoms with E-state index in [0.717, 1.165) is 24.0 Å². The Balaban J connectivity index is 2.62. The zero-order chi connectivity index (χ0) is 12.7. The second kappa shape index (κ2) is 6.89. The van der Waals surface area contributed by atoms with E-state index in [1.54, 1.807) is 0 Å². The van der Waals surface area contributed by atoms with Crippen molar-refractivity contribution in [3.63, 3.8) is 0 Å². The fraction of sp³-hybridized carbons (Fsp3) is 0.400. The van der Waals surface area contributed by atoms with E-state index in [2.05, 4.69) is 13.5 Å². The first kappa shape index (κ1) is 13.5. The van der Waals surface area contributed by atoms with Gasteiger partial charge in [0, 0.05) is 0 Å². The number of aliphatic carboxylic acids is 1. The van der Waals surface area contributed by atoms with Gasteiger partial charge in [0.2, 0.25) is 0 Å². The Labute approximate surface area is 103 Å². The van der Waals surface area contributed by atoms with Gasteiger partial charge < -0.3 is 5.11 Å². The monoisotopic (exact) mass is 232 g/mol. The molecule has 0 aliphatic carbocycles. The Kier molecular flexibility index (Phi) is 5.47. The van der Waals surface area contributed by atoms with Gasteiger partial charge in [0.1, 0.15) is 0 Å². The van der Waals surface area contributed by atoms with E-state index in [9.17, 15) is 9.90 Å². The molecule has 2 heteroatoms. The third-order valence-electron chi connectivity index (χ3n) is 2.91. The number of hydrogen-bond acceptors (Lipinski definition) is 1. The highest BCUT2D eigenvalue weighted by Gasteiger charge is 2.20. The Morgan fingerprint density at radius 1 is 1.35 bits per heavy atom. The number of carboxylic acid groups (broad SMARTS) is 1. The summed E-state index contributed by atoms with van der Waals surface area (Å²) in [7, 11) is 0. The van der Waals surface area contributed by atoms with Crippen LogP contribution in [0.2, 0.25) is 0 Å². The summed E-state index contributed by atoms with van der Waals surface area (Å²) in [6, 6.07) is 9.89. The van der Waals surface area contributed by atoms with Crippen LogP contribution in [-0.4, -0.2) is 11.1 Å². The minimum Gasteiger partial charge on any atom is -0.481 e. The third-order valence-corrected chi connectivity index (χ3v) is 2.91. The molecule has 1 N–H and O–H groups in total. The molecule has 0 aromatic heterocycles. The summed E-state index contributed by atoms with van der Waals surface area (Å²) >= 11 is 0. The molecular formula is C15H20O2. The fourth-order valence-corrected chi connectivity index (χ4v) is 1.89. The number of carboxylic acids is 1. The van der Waals surface area contributed by atoms with Crippen molar-refractivity contribution in [1.82, 2.24) is 0 Å². The van der Waals surface area contributed by atoms with E-state index < -0.39 is 11.9 Å². The summed E-state index contributed by atoms with van der Waals surface area (Å²) in [4.78, 5) is 11.2. The van der Waals surface area contributed by atoms with Crippen LogP contribution in [0.25, 0.3) is 0 Å². The van der Waals surface area contributed by atoms with Crippen LogP contribution in [0.5, 0.6) is 0 Å². The minimum atomic E-state index is -0.751. The predicted octanol–water partition coefficient (Wildman–Crippen LogP) is 3.68. The van der Waals surface area contributed by atoms with Gasteiger partial charge in [-0.05, 0) is 18.4 Å². The van der Waals surface area contributed by atoms with Crippen LogP contribution in [-0.2, 0) is 11.2 Å². The van der Waals surface area contributed by atoms with Crippen molar-refractivity contribution < 1.29 is 9.90 Å². The summed E-state index contributed by atoms with van der Waals surface area (Å²) in [5.41, 5.74) is 1.93. The third kappa shape index (κ3) is 4.43. The van der Waals surface area contributed by atoms with Crippen molar-refractivity contribution in [2.24, 2.45) is 5.92 Å². The summed E-state index contributed by atoms with van der Waals surface area (Å²) in [6.07, 6.45) is 3.30. The van der Waals surface area contributed by atoms with Crippen LogP contribution in [0.15, 0.2) is 42.5 Å². The molecule has 0 aliphatic rings. The summed E-state index contributed by atoms with van der Waals surface area (Å²) in [6.45, 7) is 6.01. The predicted molar refractivity (Wildman–Crippen MR) is 69.9 cm³/mol. The zero-order valence-corrected chi connectivity index (χ0v) is 10.4. The lowest BCUT2D eigenvalue weighted by Gasteiger charge is -2.15. The largest absolute Gasteiger partial charge is 0.481 e. The highest BCUT2D eigenvalue weighted by molar-refractivity contribution is 5.73. The second-order valence-electron chi connectivity index (χ2n) is 4.35. The molecule has 17 heavy (non-hydrogen) atoms. The highest BCUT2D eigenvalue weighted by atomic mass is 16.4. The van der Waals surface area contributed by atoms with Crippen molar-refractivity contribution in [1.29, 1.82) is 0 Å². The van der Waals surface area contributed by atoms with Crippen LogP contribution < -0.4 is 0 Å². The standard InChI is InChI=1S/C15H20O2/c1-3-4-10-14(15(16)17)12(2)11-13-8-6-5-7-9-13/h5-9,14H,2-4,10-11H2,1H3,(H,16,17). The Bertz CT molecular complexity index is 368. The molecule has 0 radical (unpaired) electrons. The number of rotatable bonds is 7. The Morgan fingerprint density at radius 3 is 2.53 bits per heavy atom. The molecule has 0 amide bonds. The average molecular weight is 232 g/mol. The Hall–Kier alpha value is -1.57. The van der Waals surface area contributed by atoms with Crippen molar-refractivity contribution in [2.75, 3.05) is 0 Å². The first-order valence-corrected chi connectivity index (χ1v) is 6.09. The van der Waals surface area contributed by atoms with Gasteiger partial charge >= 0.3 is 5.97 Å². The molecule has 0 aliphatic heterocycles. The maximum atomic E-state index is 11.2. The van der Waals surface area contributed by atoms with E-state index in [0.29, 0.717) is 12.8 Å². The molecule has 1 rings (SSSR count). The van der Waals surface area contributed by atoms with Gasteiger partial charge in [0.25, 0.3) is 0 Å². The molecule has 2 nitrogen and oxygen atoms in total. The van der Waals surface area contributed by atoms with Crippen LogP contribution in [0.1, 0.15) is 31.7 Å². The van der Waals surface area contributed by atoms with E-state index >= 15 is 0 Å². The van der Waals surface area contributed by atoms with Gasteiger partial charge in [-0.15, -0.1) is 0 Å². The highest BCUT2D eigenvalue weighted by Crippen LogP contribution is 2.21. The first-order chi connectivity index (χ1) is 8.15. The lowest BCUT2D eigenvalue weighted by atomic mass is 9.90.